The molecule has 3 heteroatoms. The van der Waals surface area contributed by atoms with E-state index in [2.05, 4.69) is 18.3 Å². The summed E-state index contributed by atoms with van der Waals surface area (Å²) in [7, 11) is 0. The molecular formula is C18H22FNO. The molecule has 2 aromatic rings. The zero-order valence-corrected chi connectivity index (χ0v) is 12.8. The van der Waals surface area contributed by atoms with Crippen molar-refractivity contribution < 1.29 is 8.81 Å². The third-order valence-electron chi connectivity index (χ3n) is 4.49. The summed E-state index contributed by atoms with van der Waals surface area (Å²) in [6, 6.07) is 9.89. The fourth-order valence-electron chi connectivity index (χ4n) is 3.31. The molecule has 0 aliphatic heterocycles. The first-order valence-electron chi connectivity index (χ1n) is 7.61. The van der Waals surface area contributed by atoms with Gasteiger partial charge in [-0.1, -0.05) is 12.1 Å². The molecule has 0 amide bonds. The Morgan fingerprint density at radius 2 is 2.00 bits per heavy atom. The zero-order valence-electron chi connectivity index (χ0n) is 12.8. The van der Waals surface area contributed by atoms with Gasteiger partial charge in [0.2, 0.25) is 0 Å². The highest BCUT2D eigenvalue weighted by Gasteiger charge is 2.31. The smallest absolute Gasteiger partial charge is 0.123 e. The number of rotatable bonds is 4. The average molecular weight is 287 g/mol. The second-order valence-corrected chi connectivity index (χ2v) is 6.18. The van der Waals surface area contributed by atoms with Crippen LogP contribution in [0.3, 0.4) is 0 Å². The lowest BCUT2D eigenvalue weighted by atomic mass is 9.75. The van der Waals surface area contributed by atoms with Gasteiger partial charge in [-0.05, 0) is 63.3 Å². The molecule has 1 unspecified atom stereocenters. The Kier molecular flexibility index (Phi) is 3.85. The van der Waals surface area contributed by atoms with Gasteiger partial charge in [0.1, 0.15) is 17.3 Å². The number of hydrogen-bond donors (Lipinski definition) is 1. The average Bonchev–Trinajstić information content (AvgIpc) is 2.72. The topological polar surface area (TPSA) is 25.2 Å². The number of halogens is 1. The molecule has 1 atom stereocenters. The van der Waals surface area contributed by atoms with Crippen LogP contribution in [0.1, 0.15) is 54.4 Å². The first kappa shape index (κ1) is 14.3. The van der Waals surface area contributed by atoms with E-state index in [1.165, 1.54) is 11.6 Å². The molecule has 1 N–H and O–H groups in total. The number of nitrogens with one attached hydrogen (secondary N) is 1. The molecule has 0 spiro atoms. The predicted molar refractivity (Wildman–Crippen MR) is 81.9 cm³/mol. The third-order valence-corrected chi connectivity index (χ3v) is 4.49. The summed E-state index contributed by atoms with van der Waals surface area (Å²) in [6.07, 6.45) is 2.15. The molecule has 1 aliphatic rings. The van der Waals surface area contributed by atoms with Crippen LogP contribution >= 0.6 is 0 Å². The summed E-state index contributed by atoms with van der Waals surface area (Å²) < 4.78 is 18.8. The fraction of sp³-hybridized carbons (Fsp3) is 0.444. The van der Waals surface area contributed by atoms with Gasteiger partial charge in [-0.3, -0.25) is 0 Å². The van der Waals surface area contributed by atoms with E-state index in [0.29, 0.717) is 18.0 Å². The maximum Gasteiger partial charge on any atom is 0.123 e. The number of benzene rings is 1. The van der Waals surface area contributed by atoms with Crippen LogP contribution in [-0.2, 0) is 0 Å². The first-order valence-corrected chi connectivity index (χ1v) is 7.61. The Hall–Kier alpha value is -1.61. The van der Waals surface area contributed by atoms with E-state index in [9.17, 15) is 4.39 Å². The van der Waals surface area contributed by atoms with E-state index in [4.69, 9.17) is 4.42 Å². The quantitative estimate of drug-likeness (QED) is 0.886. The lowest BCUT2D eigenvalue weighted by molar-refractivity contribution is 0.269. The summed E-state index contributed by atoms with van der Waals surface area (Å²) in [5.41, 5.74) is 2.36. The predicted octanol–water partition coefficient (Wildman–Crippen LogP) is 4.63. The lowest BCUT2D eigenvalue weighted by Gasteiger charge is -2.38. The normalized spacial score (nSPS) is 22.9. The van der Waals surface area contributed by atoms with Crippen LogP contribution in [0.4, 0.5) is 4.39 Å². The minimum Gasteiger partial charge on any atom is -0.466 e. The van der Waals surface area contributed by atoms with Crippen molar-refractivity contribution in [2.24, 2.45) is 0 Å². The molecule has 1 fully saturated rings. The van der Waals surface area contributed by atoms with Gasteiger partial charge in [-0.2, -0.15) is 0 Å². The Balaban J connectivity index is 1.56. The SMILES string of the molecule is Cc1cc(C(C)NC2CC(c3cccc(F)c3)C2)c(C)o1. The molecule has 21 heavy (non-hydrogen) atoms. The van der Waals surface area contributed by atoms with Gasteiger partial charge in [0.25, 0.3) is 0 Å². The molecular weight excluding hydrogens is 265 g/mol. The van der Waals surface area contributed by atoms with Crippen LogP contribution in [0.25, 0.3) is 0 Å². The monoisotopic (exact) mass is 287 g/mol. The van der Waals surface area contributed by atoms with Gasteiger partial charge < -0.3 is 9.73 Å². The van der Waals surface area contributed by atoms with Crippen LogP contribution in [0.2, 0.25) is 0 Å². The van der Waals surface area contributed by atoms with Crippen molar-refractivity contribution >= 4 is 0 Å². The molecule has 112 valence electrons. The van der Waals surface area contributed by atoms with E-state index in [1.54, 1.807) is 12.1 Å². The van der Waals surface area contributed by atoms with Crippen molar-refractivity contribution in [2.45, 2.75) is 51.6 Å². The Bertz CT molecular complexity index is 628. The summed E-state index contributed by atoms with van der Waals surface area (Å²) in [4.78, 5) is 0. The van der Waals surface area contributed by atoms with Crippen molar-refractivity contribution in [3.05, 3.63) is 58.8 Å². The van der Waals surface area contributed by atoms with E-state index in [-0.39, 0.29) is 5.82 Å². The molecule has 1 heterocycles. The summed E-state index contributed by atoms with van der Waals surface area (Å²) in [5.74, 6) is 2.30. The maximum absolute atomic E-state index is 13.2. The molecule has 1 aromatic heterocycles. The van der Waals surface area contributed by atoms with Gasteiger partial charge in [-0.15, -0.1) is 0 Å². The molecule has 0 saturated heterocycles. The van der Waals surface area contributed by atoms with Crippen molar-refractivity contribution in [1.29, 1.82) is 0 Å². The highest BCUT2D eigenvalue weighted by molar-refractivity contribution is 5.26. The van der Waals surface area contributed by atoms with Gasteiger partial charge in [0, 0.05) is 17.6 Å². The fourth-order valence-corrected chi connectivity index (χ4v) is 3.31. The molecule has 2 nitrogen and oxygen atoms in total. The molecule has 3 rings (SSSR count). The highest BCUT2D eigenvalue weighted by atomic mass is 19.1. The first-order chi connectivity index (χ1) is 10.0. The summed E-state index contributed by atoms with van der Waals surface area (Å²) >= 11 is 0. The van der Waals surface area contributed by atoms with Crippen molar-refractivity contribution in [2.75, 3.05) is 0 Å². The van der Waals surface area contributed by atoms with Crippen LogP contribution in [0.15, 0.2) is 34.7 Å². The van der Waals surface area contributed by atoms with Crippen molar-refractivity contribution in [3.8, 4) is 0 Å². The largest absolute Gasteiger partial charge is 0.466 e. The summed E-state index contributed by atoms with van der Waals surface area (Å²) in [5, 5.41) is 3.65. The van der Waals surface area contributed by atoms with E-state index < -0.39 is 0 Å². The minimum absolute atomic E-state index is 0.137. The third kappa shape index (κ3) is 3.03. The highest BCUT2D eigenvalue weighted by Crippen LogP contribution is 2.38. The zero-order chi connectivity index (χ0) is 15.0. The molecule has 1 aliphatic carbocycles. The molecule has 0 bridgehead atoms. The van der Waals surface area contributed by atoms with E-state index >= 15 is 0 Å². The minimum atomic E-state index is -0.137. The van der Waals surface area contributed by atoms with E-state index in [0.717, 1.165) is 29.9 Å². The van der Waals surface area contributed by atoms with Crippen molar-refractivity contribution in [1.82, 2.24) is 5.32 Å². The second-order valence-electron chi connectivity index (χ2n) is 6.18. The van der Waals surface area contributed by atoms with Crippen LogP contribution < -0.4 is 5.32 Å². The second kappa shape index (κ2) is 5.64. The van der Waals surface area contributed by atoms with Gasteiger partial charge in [-0.25, -0.2) is 4.39 Å². The van der Waals surface area contributed by atoms with E-state index in [1.807, 2.05) is 19.9 Å². The summed E-state index contributed by atoms with van der Waals surface area (Å²) in [6.45, 7) is 6.16. The number of furan rings is 1. The van der Waals surface area contributed by atoms with Gasteiger partial charge in [0.15, 0.2) is 0 Å². The molecule has 1 aromatic carbocycles. The van der Waals surface area contributed by atoms with Gasteiger partial charge in [0.05, 0.1) is 0 Å². The maximum atomic E-state index is 13.2. The Labute approximate surface area is 125 Å². The molecule has 1 saturated carbocycles. The van der Waals surface area contributed by atoms with Gasteiger partial charge >= 0.3 is 0 Å². The number of hydrogen-bond acceptors (Lipinski definition) is 2. The number of aryl methyl sites for hydroxylation is 2. The Morgan fingerprint density at radius 1 is 1.24 bits per heavy atom. The van der Waals surface area contributed by atoms with Crippen molar-refractivity contribution in [3.63, 3.8) is 0 Å². The standard InChI is InChI=1S/C18H22FNO/c1-11-7-18(13(3)21-11)12(2)20-17-9-15(10-17)14-5-4-6-16(19)8-14/h4-8,12,15,17,20H,9-10H2,1-3H3. The lowest BCUT2D eigenvalue weighted by Crippen LogP contribution is -2.41. The van der Waals surface area contributed by atoms with Crippen LogP contribution in [0.5, 0.6) is 0 Å². The van der Waals surface area contributed by atoms with Crippen LogP contribution in [-0.4, -0.2) is 6.04 Å². The Morgan fingerprint density at radius 3 is 2.62 bits per heavy atom. The molecule has 0 radical (unpaired) electrons. The van der Waals surface area contributed by atoms with Crippen LogP contribution in [0, 0.1) is 19.7 Å².